The molecule has 1 aliphatic rings. The summed E-state index contributed by atoms with van der Waals surface area (Å²) in [5.74, 6) is -1.94. The number of aromatic nitrogens is 1. The van der Waals surface area contributed by atoms with Gasteiger partial charge in [0.1, 0.15) is 22.1 Å². The minimum absolute atomic E-state index is 0.00540. The molecule has 2 heterocycles. The van der Waals surface area contributed by atoms with Crippen molar-refractivity contribution >= 4 is 21.7 Å². The Kier molecular flexibility index (Phi) is 5.22. The first-order valence-corrected chi connectivity index (χ1v) is 10.3. The van der Waals surface area contributed by atoms with Crippen molar-refractivity contribution in [3.05, 3.63) is 77.6 Å². The van der Waals surface area contributed by atoms with Crippen LogP contribution in [-0.4, -0.2) is 19.4 Å². The van der Waals surface area contributed by atoms with E-state index in [1.165, 1.54) is 36.5 Å². The van der Waals surface area contributed by atoms with Gasteiger partial charge in [-0.3, -0.25) is 4.98 Å². The third-order valence-corrected chi connectivity index (χ3v) is 5.62. The van der Waals surface area contributed by atoms with Gasteiger partial charge >= 0.3 is 0 Å². The fourth-order valence-electron chi connectivity index (χ4n) is 2.81. The molecule has 0 saturated carbocycles. The molecule has 0 amide bonds. The Morgan fingerprint density at radius 1 is 1.13 bits per heavy atom. The first-order chi connectivity index (χ1) is 14.9. The Bertz CT molecular complexity index is 1350. The summed E-state index contributed by atoms with van der Waals surface area (Å²) in [5.41, 5.74) is 0.108. The highest BCUT2D eigenvalue weighted by Gasteiger charge is 2.31. The topological polar surface area (TPSA) is 116 Å². The molecule has 2 aromatic carbocycles. The predicted octanol–water partition coefficient (Wildman–Crippen LogP) is 3.28. The number of nitriles is 1. The van der Waals surface area contributed by atoms with Gasteiger partial charge in [0.15, 0.2) is 11.6 Å². The second-order valence-electron chi connectivity index (χ2n) is 6.32. The van der Waals surface area contributed by atoms with Crippen molar-refractivity contribution in [3.8, 4) is 17.6 Å². The molecule has 0 unspecified atom stereocenters. The van der Waals surface area contributed by atoms with Crippen molar-refractivity contribution < 1.29 is 21.9 Å². The highest BCUT2D eigenvalue weighted by Crippen LogP contribution is 2.39. The molecule has 1 aromatic heterocycles. The summed E-state index contributed by atoms with van der Waals surface area (Å²) in [4.78, 5) is 7.59. The SMILES string of the molecule is N#Cc1cccc(Oc2c(F)ccc3c2NC(=NCc2ncccc2F)NS3(=O)=O)c1. The van der Waals surface area contributed by atoms with E-state index in [2.05, 4.69) is 20.0 Å². The zero-order chi connectivity index (χ0) is 22.0. The summed E-state index contributed by atoms with van der Waals surface area (Å²) in [6.07, 6.45) is 1.38. The summed E-state index contributed by atoms with van der Waals surface area (Å²) < 4.78 is 61.4. The second kappa shape index (κ2) is 8.00. The first-order valence-electron chi connectivity index (χ1n) is 8.81. The molecular weight excluding hydrogens is 428 g/mol. The number of hydrogen-bond acceptors (Lipinski definition) is 6. The number of pyridine rings is 1. The summed E-state index contributed by atoms with van der Waals surface area (Å²) in [7, 11) is -4.11. The van der Waals surface area contributed by atoms with Crippen molar-refractivity contribution in [2.45, 2.75) is 11.4 Å². The summed E-state index contributed by atoms with van der Waals surface area (Å²) in [6.45, 7) is -0.261. The molecule has 0 saturated heterocycles. The summed E-state index contributed by atoms with van der Waals surface area (Å²) >= 11 is 0. The highest BCUT2D eigenvalue weighted by molar-refractivity contribution is 7.90. The van der Waals surface area contributed by atoms with Gasteiger partial charge in [-0.15, -0.1) is 0 Å². The molecule has 31 heavy (non-hydrogen) atoms. The molecule has 0 fully saturated rings. The monoisotopic (exact) mass is 441 g/mol. The molecule has 0 atom stereocenters. The van der Waals surface area contributed by atoms with E-state index in [4.69, 9.17) is 10.00 Å². The molecule has 8 nitrogen and oxygen atoms in total. The lowest BCUT2D eigenvalue weighted by Gasteiger charge is -2.24. The van der Waals surface area contributed by atoms with Crippen LogP contribution in [-0.2, 0) is 16.6 Å². The van der Waals surface area contributed by atoms with E-state index in [1.807, 2.05) is 6.07 Å². The lowest BCUT2D eigenvalue weighted by Crippen LogP contribution is -2.41. The average molecular weight is 441 g/mol. The maximum Gasteiger partial charge on any atom is 0.266 e. The lowest BCUT2D eigenvalue weighted by molar-refractivity contribution is 0.442. The van der Waals surface area contributed by atoms with E-state index in [-0.39, 0.29) is 40.1 Å². The van der Waals surface area contributed by atoms with Gasteiger partial charge in [0.05, 0.1) is 23.9 Å². The maximum absolute atomic E-state index is 14.6. The third-order valence-electron chi connectivity index (χ3n) is 4.24. The number of nitrogens with one attached hydrogen (secondary N) is 2. The number of aliphatic imine (C=N–C) groups is 1. The highest BCUT2D eigenvalue weighted by atomic mass is 32.2. The quantitative estimate of drug-likeness (QED) is 0.642. The van der Waals surface area contributed by atoms with E-state index in [0.717, 1.165) is 12.1 Å². The number of sulfonamides is 1. The van der Waals surface area contributed by atoms with E-state index in [1.54, 1.807) is 6.07 Å². The number of halogens is 2. The molecule has 156 valence electrons. The largest absolute Gasteiger partial charge is 0.452 e. The second-order valence-corrected chi connectivity index (χ2v) is 7.97. The fraction of sp³-hybridized carbons (Fsp3) is 0.0500. The molecular formula is C20H13F2N5O3S. The molecule has 11 heteroatoms. The Balaban J connectivity index is 1.73. The normalized spacial score (nSPS) is 15.3. The minimum atomic E-state index is -4.11. The van der Waals surface area contributed by atoms with E-state index < -0.39 is 27.4 Å². The van der Waals surface area contributed by atoms with Crippen LogP contribution in [0.4, 0.5) is 14.5 Å². The average Bonchev–Trinajstić information content (AvgIpc) is 2.75. The van der Waals surface area contributed by atoms with Gasteiger partial charge in [0, 0.05) is 6.20 Å². The van der Waals surface area contributed by atoms with E-state index in [0.29, 0.717) is 0 Å². The Hall–Kier alpha value is -4.04. The third kappa shape index (κ3) is 4.15. The van der Waals surface area contributed by atoms with Crippen molar-refractivity contribution in [3.63, 3.8) is 0 Å². The zero-order valence-electron chi connectivity index (χ0n) is 15.6. The van der Waals surface area contributed by atoms with Crippen LogP contribution in [0.2, 0.25) is 0 Å². The van der Waals surface area contributed by atoms with Crippen LogP contribution >= 0.6 is 0 Å². The fourth-order valence-corrected chi connectivity index (χ4v) is 3.95. The maximum atomic E-state index is 14.6. The number of benzene rings is 2. The number of ether oxygens (including phenoxy) is 1. The van der Waals surface area contributed by atoms with Crippen molar-refractivity contribution in [1.82, 2.24) is 9.71 Å². The van der Waals surface area contributed by atoms with Gasteiger partial charge in [-0.2, -0.15) is 5.26 Å². The van der Waals surface area contributed by atoms with Gasteiger partial charge < -0.3 is 10.1 Å². The zero-order valence-corrected chi connectivity index (χ0v) is 16.5. The van der Waals surface area contributed by atoms with Crippen molar-refractivity contribution in [2.75, 3.05) is 5.32 Å². The number of rotatable bonds is 4. The first kappa shape index (κ1) is 20.2. The predicted molar refractivity (Wildman–Crippen MR) is 107 cm³/mol. The number of hydrogen-bond donors (Lipinski definition) is 2. The minimum Gasteiger partial charge on any atom is -0.452 e. The lowest BCUT2D eigenvalue weighted by atomic mass is 10.2. The number of nitrogens with zero attached hydrogens (tertiary/aromatic N) is 3. The number of anilines is 1. The Morgan fingerprint density at radius 2 is 1.97 bits per heavy atom. The molecule has 0 bridgehead atoms. The Morgan fingerprint density at radius 3 is 2.74 bits per heavy atom. The molecule has 4 rings (SSSR count). The van der Waals surface area contributed by atoms with E-state index in [9.17, 15) is 17.2 Å². The van der Waals surface area contributed by atoms with Crippen molar-refractivity contribution in [2.24, 2.45) is 4.99 Å². The van der Waals surface area contributed by atoms with Crippen LogP contribution in [0.25, 0.3) is 0 Å². The van der Waals surface area contributed by atoms with Gasteiger partial charge in [-0.1, -0.05) is 6.07 Å². The van der Waals surface area contributed by atoms with Gasteiger partial charge in [0.25, 0.3) is 10.0 Å². The van der Waals surface area contributed by atoms with Crippen LogP contribution < -0.4 is 14.8 Å². The summed E-state index contributed by atoms with van der Waals surface area (Å²) in [5, 5.41) is 11.7. The van der Waals surface area contributed by atoms with Gasteiger partial charge in [0.2, 0.25) is 5.96 Å². The Labute approximate surface area is 175 Å². The van der Waals surface area contributed by atoms with Crippen LogP contribution in [0.15, 0.2) is 64.6 Å². The number of fused-ring (bicyclic) bond motifs is 1. The smallest absolute Gasteiger partial charge is 0.266 e. The molecule has 2 N–H and O–H groups in total. The standard InChI is InChI=1S/C20H13F2N5O3S/c21-14-5-2-8-24-16(14)11-25-20-26-18-17(31(28,29)27-20)7-6-15(22)19(18)30-13-4-1-3-12(9-13)10-23/h1-9H,11H2,(H2,25,26,27). The number of guanidine groups is 1. The van der Waals surface area contributed by atoms with Gasteiger partial charge in [-0.25, -0.2) is 26.9 Å². The molecule has 0 radical (unpaired) electrons. The summed E-state index contributed by atoms with van der Waals surface area (Å²) in [6, 6.07) is 12.5. The van der Waals surface area contributed by atoms with Crippen LogP contribution in [0, 0.1) is 23.0 Å². The van der Waals surface area contributed by atoms with Crippen LogP contribution in [0.5, 0.6) is 11.5 Å². The molecule has 0 spiro atoms. The van der Waals surface area contributed by atoms with E-state index >= 15 is 0 Å². The molecule has 1 aliphatic heterocycles. The van der Waals surface area contributed by atoms with Gasteiger partial charge in [-0.05, 0) is 42.5 Å². The van der Waals surface area contributed by atoms with Crippen molar-refractivity contribution in [1.29, 1.82) is 5.26 Å². The van der Waals surface area contributed by atoms with Crippen LogP contribution in [0.1, 0.15) is 11.3 Å². The van der Waals surface area contributed by atoms with Crippen LogP contribution in [0.3, 0.4) is 0 Å². The molecule has 3 aromatic rings. The molecule has 0 aliphatic carbocycles.